The third kappa shape index (κ3) is 1.85. The van der Waals surface area contributed by atoms with Crippen LogP contribution in [-0.4, -0.2) is 28.9 Å². The Balaban J connectivity index is 1.76. The van der Waals surface area contributed by atoms with Gasteiger partial charge in [0.25, 0.3) is 0 Å². The molecule has 5 nitrogen and oxygen atoms in total. The number of amides is 1. The zero-order valence-corrected chi connectivity index (χ0v) is 13.6. The van der Waals surface area contributed by atoms with E-state index in [1.54, 1.807) is 17.0 Å². The van der Waals surface area contributed by atoms with Gasteiger partial charge >= 0.3 is 6.09 Å². The molecule has 2 unspecified atom stereocenters. The predicted octanol–water partition coefficient (Wildman–Crippen LogP) is 2.86. The van der Waals surface area contributed by atoms with Crippen molar-refractivity contribution in [3.8, 4) is 0 Å². The minimum absolute atomic E-state index is 0.125. The number of nitrogens with zero attached hydrogens (tertiary/aromatic N) is 1. The maximum Gasteiger partial charge on any atom is 0.414 e. The lowest BCUT2D eigenvalue weighted by atomic mass is 9.81. The van der Waals surface area contributed by atoms with Gasteiger partial charge in [-0.15, -0.1) is 0 Å². The van der Waals surface area contributed by atoms with Gasteiger partial charge in [0.15, 0.2) is 5.78 Å². The zero-order valence-electron chi connectivity index (χ0n) is 13.6. The van der Waals surface area contributed by atoms with Gasteiger partial charge in [-0.25, -0.2) is 4.79 Å². The Morgan fingerprint density at radius 1 is 1.39 bits per heavy atom. The molecular weight excluding hydrogens is 292 g/mol. The molecule has 1 saturated carbocycles. The van der Waals surface area contributed by atoms with Gasteiger partial charge in [0.1, 0.15) is 5.60 Å². The van der Waals surface area contributed by atoms with E-state index in [2.05, 4.69) is 0 Å². The molecule has 2 aliphatic carbocycles. The Morgan fingerprint density at radius 3 is 2.83 bits per heavy atom. The zero-order chi connectivity index (χ0) is 16.6. The topological polar surface area (TPSA) is 72.6 Å². The number of allylic oxidation sites excluding steroid dienone is 2. The number of carbonyl (C=O) groups is 2. The molecule has 1 aliphatic heterocycles. The molecule has 0 radical (unpaired) electrons. The SMILES string of the molecule is CC(C)(C)OC(=O)N1CC2CC23C1=CC(=O)c1c(N)cccc13. The molecule has 1 aromatic carbocycles. The fraction of sp³-hybridized carbons (Fsp3) is 0.444. The van der Waals surface area contributed by atoms with Crippen LogP contribution in [0.1, 0.15) is 43.1 Å². The lowest BCUT2D eigenvalue weighted by Crippen LogP contribution is -2.38. The summed E-state index contributed by atoms with van der Waals surface area (Å²) in [7, 11) is 0. The van der Waals surface area contributed by atoms with Crippen molar-refractivity contribution in [3.05, 3.63) is 41.1 Å². The number of hydrogen-bond acceptors (Lipinski definition) is 4. The highest BCUT2D eigenvalue weighted by Gasteiger charge is 2.67. The number of likely N-dealkylation sites (tertiary alicyclic amines) is 1. The molecule has 1 spiro atoms. The predicted molar refractivity (Wildman–Crippen MR) is 86.0 cm³/mol. The van der Waals surface area contributed by atoms with E-state index in [4.69, 9.17) is 10.5 Å². The molecule has 1 aromatic rings. The maximum absolute atomic E-state index is 12.5. The van der Waals surface area contributed by atoms with Crippen LogP contribution in [0, 0.1) is 5.92 Å². The summed E-state index contributed by atoms with van der Waals surface area (Å²) in [6.07, 6.45) is 2.16. The van der Waals surface area contributed by atoms with Crippen molar-refractivity contribution in [2.45, 2.75) is 38.2 Å². The van der Waals surface area contributed by atoms with E-state index < -0.39 is 5.60 Å². The van der Waals surface area contributed by atoms with Crippen molar-refractivity contribution in [1.82, 2.24) is 4.90 Å². The third-order valence-electron chi connectivity index (χ3n) is 4.96. The highest BCUT2D eigenvalue weighted by molar-refractivity contribution is 6.12. The van der Waals surface area contributed by atoms with Crippen LogP contribution in [0.2, 0.25) is 0 Å². The van der Waals surface area contributed by atoms with Crippen LogP contribution in [0.3, 0.4) is 0 Å². The molecule has 1 heterocycles. The third-order valence-corrected chi connectivity index (χ3v) is 4.96. The molecular formula is C18H20N2O3. The summed E-state index contributed by atoms with van der Waals surface area (Å²) in [5, 5.41) is 0. The number of piperidine rings is 1. The molecule has 1 amide bonds. The first-order valence-electron chi connectivity index (χ1n) is 7.90. The number of hydrogen-bond donors (Lipinski definition) is 1. The Kier molecular flexibility index (Phi) is 2.59. The Labute approximate surface area is 135 Å². The van der Waals surface area contributed by atoms with Crippen LogP contribution >= 0.6 is 0 Å². The standard InChI is InChI=1S/C18H20N2O3/c1-17(2,3)23-16(22)20-9-10-8-18(10)11-5-4-6-12(19)15(11)13(21)7-14(18)20/h4-7,10H,8-9,19H2,1-3H3. The van der Waals surface area contributed by atoms with Crippen molar-refractivity contribution in [2.75, 3.05) is 12.3 Å². The fourth-order valence-electron chi connectivity index (χ4n) is 4.00. The number of carbonyl (C=O) groups excluding carboxylic acids is 2. The number of fused-ring (bicyclic) bond motifs is 1. The summed E-state index contributed by atoms with van der Waals surface area (Å²) in [6, 6.07) is 5.60. The summed E-state index contributed by atoms with van der Waals surface area (Å²) in [5.41, 5.74) is 8.09. The van der Waals surface area contributed by atoms with Crippen LogP contribution in [-0.2, 0) is 10.2 Å². The van der Waals surface area contributed by atoms with Crippen molar-refractivity contribution >= 4 is 17.6 Å². The minimum atomic E-state index is -0.557. The van der Waals surface area contributed by atoms with Crippen LogP contribution in [0.4, 0.5) is 10.5 Å². The van der Waals surface area contributed by atoms with Crippen LogP contribution in [0.25, 0.3) is 0 Å². The van der Waals surface area contributed by atoms with Crippen LogP contribution in [0.15, 0.2) is 30.0 Å². The second-order valence-electron chi connectivity index (χ2n) is 7.63. The molecule has 1 saturated heterocycles. The Morgan fingerprint density at radius 2 is 2.13 bits per heavy atom. The molecule has 0 bridgehead atoms. The molecule has 120 valence electrons. The Bertz CT molecular complexity index is 775. The molecule has 23 heavy (non-hydrogen) atoms. The molecule has 4 rings (SSSR count). The normalized spacial score (nSPS) is 27.8. The van der Waals surface area contributed by atoms with Crippen LogP contribution in [0.5, 0.6) is 0 Å². The number of nitrogens with two attached hydrogens (primary N) is 1. The van der Waals surface area contributed by atoms with E-state index in [9.17, 15) is 9.59 Å². The summed E-state index contributed by atoms with van der Waals surface area (Å²) in [4.78, 5) is 26.6. The maximum atomic E-state index is 12.5. The molecule has 2 fully saturated rings. The molecule has 2 atom stereocenters. The van der Waals surface area contributed by atoms with Gasteiger partial charge in [-0.2, -0.15) is 0 Å². The lowest BCUT2D eigenvalue weighted by Gasteiger charge is -2.31. The van der Waals surface area contributed by atoms with E-state index in [0.29, 0.717) is 23.7 Å². The van der Waals surface area contributed by atoms with Crippen molar-refractivity contribution in [1.29, 1.82) is 0 Å². The average Bonchev–Trinajstić information content (AvgIpc) is 3.05. The van der Waals surface area contributed by atoms with E-state index >= 15 is 0 Å². The number of nitrogen functional groups attached to an aromatic ring is 1. The van der Waals surface area contributed by atoms with Gasteiger partial charge in [-0.1, -0.05) is 12.1 Å². The van der Waals surface area contributed by atoms with E-state index in [0.717, 1.165) is 17.7 Å². The molecule has 3 aliphatic rings. The second-order valence-corrected chi connectivity index (χ2v) is 7.63. The highest BCUT2D eigenvalue weighted by Crippen LogP contribution is 2.67. The van der Waals surface area contributed by atoms with Crippen LogP contribution < -0.4 is 5.73 Å². The molecule has 2 N–H and O–H groups in total. The first-order valence-corrected chi connectivity index (χ1v) is 7.90. The van der Waals surface area contributed by atoms with Crippen molar-refractivity contribution < 1.29 is 14.3 Å². The van der Waals surface area contributed by atoms with Gasteiger partial charge in [-0.05, 0) is 44.7 Å². The smallest absolute Gasteiger partial charge is 0.414 e. The minimum Gasteiger partial charge on any atom is -0.443 e. The average molecular weight is 312 g/mol. The van der Waals surface area contributed by atoms with Crippen molar-refractivity contribution in [3.63, 3.8) is 0 Å². The number of ketones is 1. The molecule has 0 aromatic heterocycles. The quantitative estimate of drug-likeness (QED) is 0.748. The largest absolute Gasteiger partial charge is 0.443 e. The lowest BCUT2D eigenvalue weighted by molar-refractivity contribution is 0.0322. The summed E-state index contributed by atoms with van der Waals surface area (Å²) >= 11 is 0. The van der Waals surface area contributed by atoms with Gasteiger partial charge in [0.05, 0.1) is 0 Å². The first-order chi connectivity index (χ1) is 10.7. The summed E-state index contributed by atoms with van der Waals surface area (Å²) < 4.78 is 5.49. The van der Waals surface area contributed by atoms with Gasteiger partial charge < -0.3 is 10.5 Å². The van der Waals surface area contributed by atoms with E-state index in [1.807, 2.05) is 32.9 Å². The number of ether oxygens (including phenoxy) is 1. The van der Waals surface area contributed by atoms with E-state index in [-0.39, 0.29) is 17.3 Å². The monoisotopic (exact) mass is 312 g/mol. The number of rotatable bonds is 0. The van der Waals surface area contributed by atoms with Gasteiger partial charge in [0.2, 0.25) is 0 Å². The summed E-state index contributed by atoms with van der Waals surface area (Å²) in [5.74, 6) is 0.217. The molecule has 5 heteroatoms. The highest BCUT2D eigenvalue weighted by atomic mass is 16.6. The number of anilines is 1. The van der Waals surface area contributed by atoms with Crippen molar-refractivity contribution in [2.24, 2.45) is 5.92 Å². The first kappa shape index (κ1) is 14.3. The second kappa shape index (κ2) is 4.16. The Hall–Kier alpha value is -2.30. The van der Waals surface area contributed by atoms with E-state index in [1.165, 1.54) is 0 Å². The fourth-order valence-corrected chi connectivity index (χ4v) is 4.00. The van der Waals surface area contributed by atoms with Gasteiger partial charge in [0, 0.05) is 35.0 Å². The number of benzene rings is 1. The van der Waals surface area contributed by atoms with Gasteiger partial charge in [-0.3, -0.25) is 9.69 Å². The summed E-state index contributed by atoms with van der Waals surface area (Å²) in [6.45, 7) is 6.12.